The molecule has 6 heteroatoms. The van der Waals surface area contributed by atoms with Gasteiger partial charge in [-0.05, 0) is 25.4 Å². The van der Waals surface area contributed by atoms with Crippen LogP contribution < -0.4 is 5.32 Å². The van der Waals surface area contributed by atoms with E-state index in [-0.39, 0.29) is 5.91 Å². The van der Waals surface area contributed by atoms with Crippen molar-refractivity contribution in [3.8, 4) is 0 Å². The molecule has 88 valence electrons. The fraction of sp³-hybridized carbons (Fsp3) is 0.700. The summed E-state index contributed by atoms with van der Waals surface area (Å²) in [4.78, 5) is 17.6. The number of aromatic amines is 1. The number of aromatic nitrogens is 3. The van der Waals surface area contributed by atoms with Crippen molar-refractivity contribution in [3.05, 3.63) is 12.2 Å². The fourth-order valence-corrected chi connectivity index (χ4v) is 1.91. The third-order valence-electron chi connectivity index (χ3n) is 2.90. The molecule has 1 aliphatic heterocycles. The Labute approximate surface area is 94.4 Å². The first-order chi connectivity index (χ1) is 7.75. The van der Waals surface area contributed by atoms with Crippen LogP contribution in [0.4, 0.5) is 0 Å². The van der Waals surface area contributed by atoms with Gasteiger partial charge in [0.2, 0.25) is 5.91 Å². The van der Waals surface area contributed by atoms with E-state index in [0.29, 0.717) is 18.9 Å². The third-order valence-corrected chi connectivity index (χ3v) is 2.90. The summed E-state index contributed by atoms with van der Waals surface area (Å²) in [5.41, 5.74) is 0. The van der Waals surface area contributed by atoms with Gasteiger partial charge in [0.25, 0.3) is 0 Å². The lowest BCUT2D eigenvalue weighted by molar-refractivity contribution is -0.131. The van der Waals surface area contributed by atoms with Crippen molar-refractivity contribution >= 4 is 5.91 Å². The Morgan fingerprint density at radius 1 is 1.69 bits per heavy atom. The molecule has 2 heterocycles. The summed E-state index contributed by atoms with van der Waals surface area (Å²) < 4.78 is 0. The number of rotatable bonds is 4. The van der Waals surface area contributed by atoms with E-state index >= 15 is 0 Å². The molecule has 1 fully saturated rings. The first-order valence-corrected chi connectivity index (χ1v) is 5.54. The van der Waals surface area contributed by atoms with E-state index in [4.69, 9.17) is 0 Å². The van der Waals surface area contributed by atoms with Gasteiger partial charge in [-0.2, -0.15) is 5.10 Å². The molecule has 1 aromatic rings. The summed E-state index contributed by atoms with van der Waals surface area (Å²) in [6, 6.07) is 0. The van der Waals surface area contributed by atoms with Crippen LogP contribution in [0.2, 0.25) is 0 Å². The molecule has 1 aliphatic rings. The largest absolute Gasteiger partial charge is 0.338 e. The van der Waals surface area contributed by atoms with E-state index in [1.807, 2.05) is 0 Å². The lowest BCUT2D eigenvalue weighted by Crippen LogP contribution is -2.29. The molecule has 0 radical (unpaired) electrons. The van der Waals surface area contributed by atoms with Gasteiger partial charge in [-0.3, -0.25) is 9.89 Å². The van der Waals surface area contributed by atoms with E-state index in [9.17, 15) is 4.79 Å². The number of carbonyl (C=O) groups is 1. The standard InChI is InChI=1S/C10H17N5O/c1-15(6-9-12-7-13-14-9)10(16)4-8-2-3-11-5-8/h7-8,11H,2-6H2,1H3,(H,12,13,14). The highest BCUT2D eigenvalue weighted by atomic mass is 16.2. The molecule has 2 rings (SSSR count). The SMILES string of the molecule is CN(Cc1ncn[nH]1)C(=O)CC1CCNC1. The van der Waals surface area contributed by atoms with Crippen molar-refractivity contribution in [3.63, 3.8) is 0 Å². The van der Waals surface area contributed by atoms with Crippen LogP contribution in [0.3, 0.4) is 0 Å². The highest BCUT2D eigenvalue weighted by molar-refractivity contribution is 5.76. The van der Waals surface area contributed by atoms with Gasteiger partial charge in [0.15, 0.2) is 0 Å². The molecule has 1 unspecified atom stereocenters. The van der Waals surface area contributed by atoms with Crippen molar-refractivity contribution in [1.29, 1.82) is 0 Å². The number of amides is 1. The van der Waals surface area contributed by atoms with Crippen molar-refractivity contribution in [2.45, 2.75) is 19.4 Å². The highest BCUT2D eigenvalue weighted by Gasteiger charge is 2.20. The average molecular weight is 223 g/mol. The van der Waals surface area contributed by atoms with Gasteiger partial charge < -0.3 is 10.2 Å². The molecule has 1 atom stereocenters. The van der Waals surface area contributed by atoms with Crippen molar-refractivity contribution in [1.82, 2.24) is 25.4 Å². The monoisotopic (exact) mass is 223 g/mol. The molecule has 1 amide bonds. The maximum atomic E-state index is 11.9. The summed E-state index contributed by atoms with van der Waals surface area (Å²) in [6.07, 6.45) is 3.17. The lowest BCUT2D eigenvalue weighted by Gasteiger charge is -2.17. The Hall–Kier alpha value is -1.43. The number of hydrogen-bond acceptors (Lipinski definition) is 4. The molecule has 1 saturated heterocycles. The first-order valence-electron chi connectivity index (χ1n) is 5.54. The van der Waals surface area contributed by atoms with Gasteiger partial charge in [-0.1, -0.05) is 0 Å². The first kappa shape index (κ1) is 11.1. The predicted octanol–water partition coefficient (Wildman–Crippen LogP) is -0.237. The number of hydrogen-bond donors (Lipinski definition) is 2. The van der Waals surface area contributed by atoms with E-state index in [1.54, 1.807) is 11.9 Å². The van der Waals surface area contributed by atoms with Crippen molar-refractivity contribution in [2.75, 3.05) is 20.1 Å². The molecular weight excluding hydrogens is 206 g/mol. The van der Waals surface area contributed by atoms with E-state index < -0.39 is 0 Å². The van der Waals surface area contributed by atoms with Gasteiger partial charge >= 0.3 is 0 Å². The molecular formula is C10H17N5O. The average Bonchev–Trinajstić information content (AvgIpc) is 2.90. The fourth-order valence-electron chi connectivity index (χ4n) is 1.91. The minimum atomic E-state index is 0.171. The smallest absolute Gasteiger partial charge is 0.223 e. The van der Waals surface area contributed by atoms with E-state index in [2.05, 4.69) is 20.5 Å². The maximum Gasteiger partial charge on any atom is 0.223 e. The van der Waals surface area contributed by atoms with Crippen LogP contribution in [-0.2, 0) is 11.3 Å². The quantitative estimate of drug-likeness (QED) is 0.739. The normalized spacial score (nSPS) is 19.9. The summed E-state index contributed by atoms with van der Waals surface area (Å²) in [5, 5.41) is 9.77. The predicted molar refractivity (Wildman–Crippen MR) is 58.5 cm³/mol. The third kappa shape index (κ3) is 2.79. The number of H-pyrrole nitrogens is 1. The number of nitrogens with one attached hydrogen (secondary N) is 2. The molecule has 0 bridgehead atoms. The topological polar surface area (TPSA) is 73.9 Å². The molecule has 0 aromatic carbocycles. The van der Waals surface area contributed by atoms with Crippen LogP contribution in [0.5, 0.6) is 0 Å². The highest BCUT2D eigenvalue weighted by Crippen LogP contribution is 2.13. The van der Waals surface area contributed by atoms with Crippen molar-refractivity contribution in [2.24, 2.45) is 5.92 Å². The van der Waals surface area contributed by atoms with Gasteiger partial charge in [-0.15, -0.1) is 0 Å². The van der Waals surface area contributed by atoms with Gasteiger partial charge in [0, 0.05) is 13.5 Å². The van der Waals surface area contributed by atoms with Crippen molar-refractivity contribution < 1.29 is 4.79 Å². The van der Waals surface area contributed by atoms with E-state index in [0.717, 1.165) is 25.3 Å². The Morgan fingerprint density at radius 3 is 3.19 bits per heavy atom. The van der Waals surface area contributed by atoms with Crippen LogP contribution in [-0.4, -0.2) is 46.1 Å². The molecule has 0 aliphatic carbocycles. The van der Waals surface area contributed by atoms with Crippen LogP contribution in [0.25, 0.3) is 0 Å². The van der Waals surface area contributed by atoms with Gasteiger partial charge in [-0.25, -0.2) is 4.98 Å². The second-order valence-corrected chi connectivity index (χ2v) is 4.24. The van der Waals surface area contributed by atoms with Crippen LogP contribution in [0.1, 0.15) is 18.7 Å². The van der Waals surface area contributed by atoms with E-state index in [1.165, 1.54) is 6.33 Å². The molecule has 2 N–H and O–H groups in total. The minimum absolute atomic E-state index is 0.171. The molecule has 6 nitrogen and oxygen atoms in total. The number of carbonyl (C=O) groups excluding carboxylic acids is 1. The molecule has 16 heavy (non-hydrogen) atoms. The number of nitrogens with zero attached hydrogens (tertiary/aromatic N) is 3. The molecule has 0 spiro atoms. The zero-order valence-corrected chi connectivity index (χ0v) is 9.44. The summed E-state index contributed by atoms with van der Waals surface area (Å²) >= 11 is 0. The summed E-state index contributed by atoms with van der Waals surface area (Å²) in [7, 11) is 1.80. The van der Waals surface area contributed by atoms with Gasteiger partial charge in [0.05, 0.1) is 6.54 Å². The summed E-state index contributed by atoms with van der Waals surface area (Å²) in [6.45, 7) is 2.49. The van der Waals surface area contributed by atoms with Crippen LogP contribution >= 0.6 is 0 Å². The Kier molecular flexibility index (Phi) is 3.51. The zero-order chi connectivity index (χ0) is 11.4. The Morgan fingerprint density at radius 2 is 2.56 bits per heavy atom. The molecule has 1 aromatic heterocycles. The maximum absolute atomic E-state index is 11.9. The molecule has 0 saturated carbocycles. The second-order valence-electron chi connectivity index (χ2n) is 4.24. The summed E-state index contributed by atoms with van der Waals surface area (Å²) in [5.74, 6) is 1.38. The van der Waals surface area contributed by atoms with Gasteiger partial charge in [0.1, 0.15) is 12.2 Å². The minimum Gasteiger partial charge on any atom is -0.338 e. The second kappa shape index (κ2) is 5.07. The lowest BCUT2D eigenvalue weighted by atomic mass is 10.0. The Balaban J connectivity index is 1.79. The van der Waals surface area contributed by atoms with Crippen LogP contribution in [0.15, 0.2) is 6.33 Å². The zero-order valence-electron chi connectivity index (χ0n) is 9.44. The van der Waals surface area contributed by atoms with Crippen LogP contribution in [0, 0.1) is 5.92 Å². The Bertz CT molecular complexity index is 331.